The van der Waals surface area contributed by atoms with Crippen molar-refractivity contribution >= 4 is 81.8 Å². The predicted octanol–water partition coefficient (Wildman–Crippen LogP) is 9.77. The summed E-state index contributed by atoms with van der Waals surface area (Å²) in [6.45, 7) is 0. The SMILES string of the molecule is ClP(Cl)Cl.O=C(Nc1ccccc1)c1ccccc1O.O=C1c2ccccc2OP(Cl)N1c1ccccc1. The van der Waals surface area contributed by atoms with Gasteiger partial charge in [0.15, 0.2) is 5.98 Å². The Kier molecular flexibility index (Phi) is 11.9. The van der Waals surface area contributed by atoms with E-state index in [1.165, 1.54) is 10.7 Å². The van der Waals surface area contributed by atoms with Crippen molar-refractivity contribution in [1.29, 1.82) is 0 Å². The third-order valence-electron chi connectivity index (χ3n) is 4.82. The van der Waals surface area contributed by atoms with Crippen LogP contribution in [0.4, 0.5) is 11.4 Å². The van der Waals surface area contributed by atoms with E-state index in [2.05, 4.69) is 5.32 Å². The maximum atomic E-state index is 12.4. The number of phenolic OH excluding ortho intramolecular Hbond substituents is 1. The molecule has 4 aromatic carbocycles. The third-order valence-corrected chi connectivity index (χ3v) is 6.56. The van der Waals surface area contributed by atoms with Gasteiger partial charge in [0.05, 0.1) is 16.8 Å². The van der Waals surface area contributed by atoms with Gasteiger partial charge in [-0.2, -0.15) is 0 Å². The van der Waals surface area contributed by atoms with E-state index in [0.29, 0.717) is 17.0 Å². The van der Waals surface area contributed by atoms with Gasteiger partial charge in [-0.05, 0) is 59.8 Å². The maximum Gasteiger partial charge on any atom is 0.304 e. The van der Waals surface area contributed by atoms with Gasteiger partial charge in [0.2, 0.25) is 0 Å². The second-order valence-electron chi connectivity index (χ2n) is 7.30. The van der Waals surface area contributed by atoms with Gasteiger partial charge < -0.3 is 14.9 Å². The molecule has 0 saturated heterocycles. The largest absolute Gasteiger partial charge is 0.507 e. The first-order valence-corrected chi connectivity index (χ1v) is 17.0. The number of carbonyl (C=O) groups is 2. The Labute approximate surface area is 241 Å². The summed E-state index contributed by atoms with van der Waals surface area (Å²) in [5, 5.41) is 12.2. The monoisotopic (exact) mass is 626 g/mol. The number of nitrogens with zero attached hydrogens (tertiary/aromatic N) is 1. The maximum absolute atomic E-state index is 12.4. The van der Waals surface area contributed by atoms with Crippen LogP contribution in [0, 0.1) is 0 Å². The molecule has 196 valence electrons. The zero-order valence-corrected chi connectivity index (χ0v) is 24.2. The molecule has 1 aliphatic heterocycles. The normalized spacial score (nSPS) is 13.7. The standard InChI is InChI=1S/C13H9ClNO2P.C13H11NO2.Cl3P/c14-18-15(10-6-2-1-3-7-10)13(16)11-8-4-5-9-12(11)17-18;15-12-9-5-4-8-11(12)13(16)14-10-6-2-1-3-7-10;1-4(2)3/h1-9H;1-9,15H,(H,14,16);. The molecule has 0 saturated carbocycles. The Balaban J connectivity index is 0.000000186. The molecule has 5 rings (SSSR count). The van der Waals surface area contributed by atoms with Crippen LogP contribution >= 0.6 is 58.6 Å². The van der Waals surface area contributed by atoms with E-state index in [0.717, 1.165) is 5.69 Å². The van der Waals surface area contributed by atoms with Crippen LogP contribution in [0.5, 0.6) is 11.5 Å². The number of rotatable bonds is 3. The summed E-state index contributed by atoms with van der Waals surface area (Å²) in [7, 11) is -1.50. The number of hydrogen-bond acceptors (Lipinski definition) is 4. The zero-order valence-electron chi connectivity index (χ0n) is 19.4. The Morgan fingerprint density at radius 2 is 1.34 bits per heavy atom. The molecule has 4 aromatic rings. The third kappa shape index (κ3) is 8.74. The number of benzene rings is 4. The van der Waals surface area contributed by atoms with Crippen LogP contribution in [0.3, 0.4) is 0 Å². The smallest absolute Gasteiger partial charge is 0.304 e. The molecule has 1 aliphatic rings. The van der Waals surface area contributed by atoms with E-state index in [4.69, 9.17) is 49.5 Å². The molecule has 38 heavy (non-hydrogen) atoms. The number of amides is 2. The van der Waals surface area contributed by atoms with Crippen LogP contribution in [0.25, 0.3) is 0 Å². The van der Waals surface area contributed by atoms with Crippen molar-refractivity contribution in [3.05, 3.63) is 120 Å². The van der Waals surface area contributed by atoms with Crippen molar-refractivity contribution < 1.29 is 19.2 Å². The average Bonchev–Trinajstić information content (AvgIpc) is 2.90. The van der Waals surface area contributed by atoms with Gasteiger partial charge in [0.1, 0.15) is 11.5 Å². The number of halogens is 4. The van der Waals surface area contributed by atoms with Crippen LogP contribution in [0.15, 0.2) is 109 Å². The highest BCUT2D eigenvalue weighted by atomic mass is 36.0. The van der Waals surface area contributed by atoms with E-state index in [-0.39, 0.29) is 23.1 Å². The summed E-state index contributed by atoms with van der Waals surface area (Å²) in [5.74, 6) is -1.11. The first-order chi connectivity index (χ1) is 18.3. The number of anilines is 2. The molecule has 2 N–H and O–H groups in total. The molecule has 0 bridgehead atoms. The van der Waals surface area contributed by atoms with E-state index in [1.54, 1.807) is 42.5 Å². The van der Waals surface area contributed by atoms with Gasteiger partial charge in [-0.1, -0.05) is 94.4 Å². The van der Waals surface area contributed by atoms with Gasteiger partial charge in [0.25, 0.3) is 11.8 Å². The molecule has 1 heterocycles. The van der Waals surface area contributed by atoms with Crippen molar-refractivity contribution in [2.75, 3.05) is 9.99 Å². The van der Waals surface area contributed by atoms with Gasteiger partial charge in [-0.25, -0.2) is 4.67 Å². The van der Waals surface area contributed by atoms with Crippen LogP contribution < -0.4 is 14.5 Å². The molecular formula is C26H20Cl4N2O4P2. The highest BCUT2D eigenvalue weighted by molar-refractivity contribution is 8.20. The number of hydrogen-bond donors (Lipinski definition) is 2. The molecule has 2 amide bonds. The number of carbonyl (C=O) groups excluding carboxylic acids is 2. The second kappa shape index (κ2) is 15.1. The number of para-hydroxylation sites is 4. The fourth-order valence-electron chi connectivity index (χ4n) is 3.19. The van der Waals surface area contributed by atoms with Crippen LogP contribution in [0.2, 0.25) is 0 Å². The lowest BCUT2D eigenvalue weighted by Gasteiger charge is -2.31. The summed E-state index contributed by atoms with van der Waals surface area (Å²) in [6.07, 6.45) is 0. The van der Waals surface area contributed by atoms with E-state index < -0.39 is 13.6 Å². The molecular weight excluding hydrogens is 608 g/mol. The van der Waals surface area contributed by atoms with Crippen molar-refractivity contribution in [2.45, 2.75) is 0 Å². The highest BCUT2D eigenvalue weighted by Crippen LogP contribution is 2.54. The predicted molar refractivity (Wildman–Crippen MR) is 160 cm³/mol. The minimum atomic E-state index is -1.50. The highest BCUT2D eigenvalue weighted by Gasteiger charge is 2.34. The lowest BCUT2D eigenvalue weighted by Crippen LogP contribution is -2.29. The Bertz CT molecular complexity index is 1350. The van der Waals surface area contributed by atoms with Crippen molar-refractivity contribution in [3.8, 4) is 11.5 Å². The van der Waals surface area contributed by atoms with Crippen LogP contribution in [0.1, 0.15) is 20.7 Å². The Morgan fingerprint density at radius 1 is 0.816 bits per heavy atom. The minimum absolute atomic E-state index is 0.0177. The molecule has 1 atom stereocenters. The summed E-state index contributed by atoms with van der Waals surface area (Å²) in [6, 6.07) is 32.0. The van der Waals surface area contributed by atoms with Gasteiger partial charge in [-0.15, -0.1) is 0 Å². The molecule has 0 radical (unpaired) electrons. The van der Waals surface area contributed by atoms with Gasteiger partial charge in [-0.3, -0.25) is 9.59 Å². The Morgan fingerprint density at radius 3 is 1.97 bits per heavy atom. The minimum Gasteiger partial charge on any atom is -0.507 e. The van der Waals surface area contributed by atoms with Gasteiger partial charge >= 0.3 is 7.65 Å². The summed E-state index contributed by atoms with van der Waals surface area (Å²) < 4.78 is 7.10. The molecule has 0 spiro atoms. The first-order valence-electron chi connectivity index (χ1n) is 10.8. The van der Waals surface area contributed by atoms with Crippen LogP contribution in [-0.2, 0) is 0 Å². The summed E-state index contributed by atoms with van der Waals surface area (Å²) in [4.78, 5) is 24.2. The molecule has 0 aromatic heterocycles. The summed E-state index contributed by atoms with van der Waals surface area (Å²) >= 11 is 20.8. The lowest BCUT2D eigenvalue weighted by molar-refractivity contribution is 0.0996. The molecule has 1 unspecified atom stereocenters. The topological polar surface area (TPSA) is 78.9 Å². The van der Waals surface area contributed by atoms with Crippen LogP contribution in [-0.4, -0.2) is 16.9 Å². The average molecular weight is 628 g/mol. The first kappa shape index (κ1) is 30.0. The number of phenols is 1. The van der Waals surface area contributed by atoms with E-state index in [1.807, 2.05) is 60.7 Å². The Hall–Kier alpha value is -2.56. The van der Waals surface area contributed by atoms with Crippen molar-refractivity contribution in [2.24, 2.45) is 0 Å². The quantitative estimate of drug-likeness (QED) is 0.222. The number of nitrogens with one attached hydrogen (secondary N) is 1. The molecule has 0 fully saturated rings. The number of aromatic hydroxyl groups is 1. The molecule has 12 heteroatoms. The van der Waals surface area contributed by atoms with E-state index in [9.17, 15) is 14.7 Å². The molecule has 0 aliphatic carbocycles. The fourth-order valence-corrected chi connectivity index (χ4v) is 4.85. The second-order valence-corrected chi connectivity index (χ2v) is 14.2. The van der Waals surface area contributed by atoms with Crippen molar-refractivity contribution in [3.63, 3.8) is 0 Å². The van der Waals surface area contributed by atoms with Crippen molar-refractivity contribution in [1.82, 2.24) is 0 Å². The zero-order chi connectivity index (χ0) is 27.5. The van der Waals surface area contributed by atoms with E-state index >= 15 is 0 Å². The molecule has 6 nitrogen and oxygen atoms in total. The fraction of sp³-hybridized carbons (Fsp3) is 0. The summed E-state index contributed by atoms with van der Waals surface area (Å²) in [5.41, 5.74) is 2.26. The number of fused-ring (bicyclic) bond motifs is 1. The van der Waals surface area contributed by atoms with Gasteiger partial charge in [0, 0.05) is 5.69 Å². The lowest BCUT2D eigenvalue weighted by atomic mass is 10.2.